The average Bonchev–Trinajstić information content (AvgIpc) is 3.03. The van der Waals surface area contributed by atoms with Gasteiger partial charge in [0, 0.05) is 24.8 Å². The monoisotopic (exact) mass is 386 g/mol. The molecule has 6 nitrogen and oxygen atoms in total. The van der Waals surface area contributed by atoms with Crippen LogP contribution in [-0.2, 0) is 0 Å². The third-order valence-electron chi connectivity index (χ3n) is 4.21. The van der Waals surface area contributed by atoms with Gasteiger partial charge in [0.1, 0.15) is 21.4 Å². The number of hydrogen-bond donors (Lipinski definition) is 1. The molecule has 0 fully saturated rings. The van der Waals surface area contributed by atoms with Crippen LogP contribution in [-0.4, -0.2) is 39.8 Å². The Kier molecular flexibility index (Phi) is 4.36. The van der Waals surface area contributed by atoms with E-state index in [2.05, 4.69) is 9.97 Å². The Bertz CT molecular complexity index is 1150. The van der Waals surface area contributed by atoms with Crippen molar-refractivity contribution in [3.63, 3.8) is 0 Å². The van der Waals surface area contributed by atoms with E-state index >= 15 is 0 Å². The van der Waals surface area contributed by atoms with Gasteiger partial charge in [0.25, 0.3) is 5.56 Å². The molecule has 132 valence electrons. The van der Waals surface area contributed by atoms with E-state index < -0.39 is 0 Å². The lowest BCUT2D eigenvalue weighted by molar-refractivity contribution is 0.304. The van der Waals surface area contributed by atoms with Gasteiger partial charge in [-0.2, -0.15) is 0 Å². The number of thiophene rings is 1. The molecule has 8 heteroatoms. The van der Waals surface area contributed by atoms with Crippen LogP contribution in [0.2, 0.25) is 5.02 Å². The Morgan fingerprint density at radius 3 is 2.73 bits per heavy atom. The summed E-state index contributed by atoms with van der Waals surface area (Å²) in [7, 11) is 1.89. The molecule has 3 aromatic heterocycles. The van der Waals surface area contributed by atoms with Crippen LogP contribution in [0.5, 0.6) is 0 Å². The number of hydrogen-bond acceptors (Lipinski definition) is 6. The topological polar surface area (TPSA) is 71.2 Å². The largest absolute Gasteiger partial charge is 0.395 e. The van der Waals surface area contributed by atoms with Crippen LogP contribution in [0.3, 0.4) is 0 Å². The molecule has 0 spiro atoms. The third kappa shape index (κ3) is 2.74. The number of anilines is 1. The summed E-state index contributed by atoms with van der Waals surface area (Å²) in [6.45, 7) is 0.525. The molecule has 3 heterocycles. The summed E-state index contributed by atoms with van der Waals surface area (Å²) >= 11 is 7.26. The molecule has 0 bridgehead atoms. The normalized spacial score (nSPS) is 11.3. The van der Waals surface area contributed by atoms with Gasteiger partial charge in [-0.3, -0.25) is 9.36 Å². The lowest BCUT2D eigenvalue weighted by Crippen LogP contribution is -2.21. The first-order valence-electron chi connectivity index (χ1n) is 7.97. The second-order valence-corrected chi connectivity index (χ2v) is 7.27. The summed E-state index contributed by atoms with van der Waals surface area (Å²) in [4.78, 5) is 24.6. The molecule has 0 aliphatic heterocycles. The summed E-state index contributed by atoms with van der Waals surface area (Å²) in [6.07, 6.45) is 3.24. The zero-order valence-corrected chi connectivity index (χ0v) is 15.5. The van der Waals surface area contributed by atoms with Gasteiger partial charge < -0.3 is 10.0 Å². The molecule has 0 saturated heterocycles. The highest BCUT2D eigenvalue weighted by molar-refractivity contribution is 7.25. The number of halogens is 1. The summed E-state index contributed by atoms with van der Waals surface area (Å²) in [6, 6.07) is 8.91. The number of rotatable bonds is 4. The van der Waals surface area contributed by atoms with Crippen LogP contribution >= 0.6 is 22.9 Å². The van der Waals surface area contributed by atoms with Gasteiger partial charge in [-0.1, -0.05) is 11.6 Å². The minimum atomic E-state index is -0.143. The van der Waals surface area contributed by atoms with E-state index in [-0.39, 0.29) is 12.2 Å². The van der Waals surface area contributed by atoms with Crippen molar-refractivity contribution in [2.45, 2.75) is 0 Å². The Morgan fingerprint density at radius 2 is 2.00 bits per heavy atom. The van der Waals surface area contributed by atoms with E-state index in [1.807, 2.05) is 18.0 Å². The van der Waals surface area contributed by atoms with Gasteiger partial charge in [-0.05, 0) is 30.3 Å². The molecule has 0 aliphatic rings. The van der Waals surface area contributed by atoms with Gasteiger partial charge in [0.15, 0.2) is 0 Å². The second kappa shape index (κ2) is 6.68. The van der Waals surface area contributed by atoms with E-state index in [4.69, 9.17) is 11.6 Å². The number of nitrogens with zero attached hydrogens (tertiary/aromatic N) is 4. The fourth-order valence-electron chi connectivity index (χ4n) is 2.91. The van der Waals surface area contributed by atoms with Gasteiger partial charge in [-0.25, -0.2) is 9.97 Å². The zero-order chi connectivity index (χ0) is 18.3. The van der Waals surface area contributed by atoms with E-state index in [9.17, 15) is 9.90 Å². The van der Waals surface area contributed by atoms with Gasteiger partial charge in [0.05, 0.1) is 23.4 Å². The molecule has 26 heavy (non-hydrogen) atoms. The van der Waals surface area contributed by atoms with Gasteiger partial charge >= 0.3 is 0 Å². The summed E-state index contributed by atoms with van der Waals surface area (Å²) in [5.74, 6) is 0. The molecule has 0 amide bonds. The minimum absolute atomic E-state index is 0.0409. The molecule has 0 aliphatic carbocycles. The van der Waals surface area contributed by atoms with Gasteiger partial charge in [-0.15, -0.1) is 11.3 Å². The molecule has 0 atom stereocenters. The number of pyridine rings is 1. The smallest absolute Gasteiger partial charge is 0.275 e. The number of fused-ring (bicyclic) bond motifs is 3. The average molecular weight is 387 g/mol. The van der Waals surface area contributed by atoms with Crippen molar-refractivity contribution in [1.29, 1.82) is 0 Å². The fraction of sp³-hybridized carbons (Fsp3) is 0.167. The van der Waals surface area contributed by atoms with Crippen molar-refractivity contribution in [1.82, 2.24) is 14.5 Å². The first-order valence-corrected chi connectivity index (χ1v) is 9.16. The van der Waals surface area contributed by atoms with Crippen LogP contribution < -0.4 is 10.5 Å². The molecule has 0 radical (unpaired) electrons. The van der Waals surface area contributed by atoms with Gasteiger partial charge in [0.2, 0.25) is 0 Å². The Balaban J connectivity index is 1.97. The summed E-state index contributed by atoms with van der Waals surface area (Å²) in [5.41, 5.74) is 2.09. The van der Waals surface area contributed by atoms with Crippen LogP contribution in [0.25, 0.3) is 26.1 Å². The van der Waals surface area contributed by atoms with Crippen LogP contribution in [0.1, 0.15) is 0 Å². The van der Waals surface area contributed by atoms with E-state index in [0.717, 1.165) is 15.9 Å². The Labute approximate surface area is 157 Å². The maximum Gasteiger partial charge on any atom is 0.275 e. The second-order valence-electron chi connectivity index (χ2n) is 5.83. The predicted octanol–water partition coefficient (Wildman–Crippen LogP) is 3.08. The lowest BCUT2D eigenvalue weighted by atomic mass is 10.2. The molecule has 4 aromatic rings. The quantitative estimate of drug-likeness (QED) is 0.583. The molecule has 4 rings (SSSR count). The van der Waals surface area contributed by atoms with Crippen molar-refractivity contribution in [2.24, 2.45) is 0 Å². The van der Waals surface area contributed by atoms with E-state index in [1.165, 1.54) is 22.2 Å². The Morgan fingerprint density at radius 1 is 1.23 bits per heavy atom. The lowest BCUT2D eigenvalue weighted by Gasteiger charge is -2.18. The maximum atomic E-state index is 13.0. The molecular formula is C18H15ClN4O2S. The van der Waals surface area contributed by atoms with Crippen molar-refractivity contribution >= 4 is 49.1 Å². The van der Waals surface area contributed by atoms with Crippen LogP contribution in [0.4, 0.5) is 5.69 Å². The highest BCUT2D eigenvalue weighted by Gasteiger charge is 2.17. The molecule has 0 saturated carbocycles. The minimum Gasteiger partial charge on any atom is -0.395 e. The first-order chi connectivity index (χ1) is 12.6. The number of aliphatic hydroxyl groups excluding tert-OH is 1. The van der Waals surface area contributed by atoms with Crippen molar-refractivity contribution in [3.05, 3.63) is 58.2 Å². The van der Waals surface area contributed by atoms with Crippen molar-refractivity contribution in [2.75, 3.05) is 25.1 Å². The molecule has 1 aromatic carbocycles. The Hall–Kier alpha value is -2.48. The molecule has 1 N–H and O–H groups in total. The van der Waals surface area contributed by atoms with Crippen LogP contribution in [0, 0.1) is 0 Å². The fourth-order valence-corrected chi connectivity index (χ4v) is 4.08. The highest BCUT2D eigenvalue weighted by Crippen LogP contribution is 2.35. The number of benzene rings is 1. The maximum absolute atomic E-state index is 13.0. The summed E-state index contributed by atoms with van der Waals surface area (Å²) < 4.78 is 2.06. The zero-order valence-electron chi connectivity index (χ0n) is 13.9. The molecule has 0 unspecified atom stereocenters. The molecular weight excluding hydrogens is 372 g/mol. The number of likely N-dealkylation sites (N-methyl/N-ethyl adjacent to an activating group) is 1. The number of aliphatic hydroxyl groups is 1. The van der Waals surface area contributed by atoms with E-state index in [0.29, 0.717) is 27.5 Å². The summed E-state index contributed by atoms with van der Waals surface area (Å²) in [5, 5.41) is 10.7. The van der Waals surface area contributed by atoms with E-state index in [1.54, 1.807) is 30.5 Å². The predicted molar refractivity (Wildman–Crippen MR) is 106 cm³/mol. The highest BCUT2D eigenvalue weighted by atomic mass is 35.5. The SMILES string of the molecule is CN(CCO)c1ccnc2sc3c(=O)n(-c4ccc(Cl)cc4)cnc3c12. The van der Waals surface area contributed by atoms with Crippen LogP contribution in [0.15, 0.2) is 47.7 Å². The standard InChI is InChI=1S/C18H15ClN4O2S/c1-22(8-9-24)13-6-7-20-17-14(13)15-16(26-17)18(25)23(10-21-15)12-4-2-11(19)3-5-12/h2-7,10,24H,8-9H2,1H3. The van der Waals surface area contributed by atoms with Crippen molar-refractivity contribution in [3.8, 4) is 5.69 Å². The number of aromatic nitrogens is 3. The first kappa shape index (κ1) is 17.0. The van der Waals surface area contributed by atoms with Crippen molar-refractivity contribution < 1.29 is 5.11 Å². The third-order valence-corrected chi connectivity index (χ3v) is 5.54.